The molecule has 1 saturated heterocycles. The molecule has 0 radical (unpaired) electrons. The molecule has 2 aromatic heterocycles. The van der Waals surface area contributed by atoms with Gasteiger partial charge in [0.1, 0.15) is 23.4 Å². The van der Waals surface area contributed by atoms with Gasteiger partial charge in [-0.05, 0) is 48.4 Å². The zero-order valence-corrected chi connectivity index (χ0v) is 19.0. The number of nitrogens with one attached hydrogen (secondary N) is 3. The largest absolute Gasteiger partial charge is 0.325 e. The van der Waals surface area contributed by atoms with E-state index < -0.39 is 35.8 Å². The van der Waals surface area contributed by atoms with E-state index in [1.807, 2.05) is 36.4 Å². The average molecular weight is 470 g/mol. The number of hydrogen-bond donors (Lipinski definition) is 3. The first-order valence-electron chi connectivity index (χ1n) is 10.9. The van der Waals surface area contributed by atoms with Crippen molar-refractivity contribution in [3.05, 3.63) is 83.8 Å². The van der Waals surface area contributed by atoms with Crippen LogP contribution in [0.15, 0.2) is 66.9 Å². The molecule has 0 saturated carbocycles. The van der Waals surface area contributed by atoms with E-state index in [1.54, 1.807) is 48.7 Å². The van der Waals surface area contributed by atoms with Gasteiger partial charge < -0.3 is 5.32 Å². The van der Waals surface area contributed by atoms with Crippen LogP contribution in [0.2, 0.25) is 0 Å². The number of imide groups is 1. The van der Waals surface area contributed by atoms with Crippen LogP contribution >= 0.6 is 0 Å². The van der Waals surface area contributed by atoms with E-state index in [9.17, 15) is 19.2 Å². The minimum absolute atomic E-state index is 0.264. The summed E-state index contributed by atoms with van der Waals surface area (Å²) in [5, 5.41) is 4.62. The van der Waals surface area contributed by atoms with Crippen LogP contribution in [0.3, 0.4) is 0 Å². The summed E-state index contributed by atoms with van der Waals surface area (Å²) in [6.07, 6.45) is 1.69. The van der Waals surface area contributed by atoms with Gasteiger partial charge in [0.2, 0.25) is 0 Å². The topological polar surface area (TPSA) is 125 Å². The smallest absolute Gasteiger partial charge is 0.319 e. The first-order valence-corrected chi connectivity index (χ1v) is 10.9. The molecule has 10 heteroatoms. The number of nitrogens with zero attached hydrogens (tertiary/aromatic N) is 3. The van der Waals surface area contributed by atoms with Gasteiger partial charge in [0.05, 0.1) is 5.69 Å². The zero-order valence-electron chi connectivity index (χ0n) is 19.0. The van der Waals surface area contributed by atoms with Gasteiger partial charge in [-0.2, -0.15) is 0 Å². The highest BCUT2D eigenvalue weighted by Gasteiger charge is 2.49. The fraction of sp³-hybridized carbons (Fsp3) is 0.160. The van der Waals surface area contributed by atoms with Gasteiger partial charge in [0, 0.05) is 6.20 Å². The summed E-state index contributed by atoms with van der Waals surface area (Å²) in [7, 11) is 0. The maximum absolute atomic E-state index is 13.2. The lowest BCUT2D eigenvalue weighted by atomic mass is 9.90. The second-order valence-corrected chi connectivity index (χ2v) is 8.49. The first-order chi connectivity index (χ1) is 16.8. The van der Waals surface area contributed by atoms with E-state index in [4.69, 9.17) is 0 Å². The Kier molecular flexibility index (Phi) is 5.20. The number of pyridine rings is 1. The standard InChI is InChI=1S/C25H22N6O4/c1-15-21(30-12-6-5-9-19(30)26-15)22(33)29-28-20(32)14-31-23(34)25(2,27-24(31)35)18-11-10-16-7-3-4-8-17(16)13-18/h3-13H,14H2,1-2H3,(H,27,35)(H,28,32)(H,29,33). The zero-order chi connectivity index (χ0) is 24.7. The van der Waals surface area contributed by atoms with E-state index in [1.165, 1.54) is 0 Å². The van der Waals surface area contributed by atoms with E-state index in [0.717, 1.165) is 15.7 Å². The molecule has 1 atom stereocenters. The summed E-state index contributed by atoms with van der Waals surface area (Å²) in [6.45, 7) is 2.73. The van der Waals surface area contributed by atoms with Gasteiger partial charge in [-0.25, -0.2) is 9.78 Å². The fourth-order valence-corrected chi connectivity index (χ4v) is 4.29. The molecule has 5 amide bonds. The number of hydrazine groups is 1. The summed E-state index contributed by atoms with van der Waals surface area (Å²) in [5.74, 6) is -1.86. The molecular formula is C25H22N6O4. The summed E-state index contributed by atoms with van der Waals surface area (Å²) < 4.78 is 1.60. The Bertz CT molecular complexity index is 1530. The van der Waals surface area contributed by atoms with Gasteiger partial charge in [-0.3, -0.25) is 34.5 Å². The minimum Gasteiger partial charge on any atom is -0.319 e. The van der Waals surface area contributed by atoms with Gasteiger partial charge >= 0.3 is 6.03 Å². The molecule has 1 unspecified atom stereocenters. The minimum atomic E-state index is -1.32. The molecule has 3 heterocycles. The van der Waals surface area contributed by atoms with E-state index in [2.05, 4.69) is 21.2 Å². The third-order valence-corrected chi connectivity index (χ3v) is 6.14. The number of rotatable bonds is 4. The summed E-state index contributed by atoms with van der Waals surface area (Å²) in [5.41, 5.74) is 5.22. The summed E-state index contributed by atoms with van der Waals surface area (Å²) >= 11 is 0. The van der Waals surface area contributed by atoms with E-state index >= 15 is 0 Å². The maximum atomic E-state index is 13.2. The lowest BCUT2D eigenvalue weighted by molar-refractivity contribution is -0.135. The maximum Gasteiger partial charge on any atom is 0.325 e. The molecule has 5 rings (SSSR count). The van der Waals surface area contributed by atoms with Gasteiger partial charge in [0.15, 0.2) is 0 Å². The Morgan fingerprint density at radius 1 is 1.00 bits per heavy atom. The molecule has 2 aromatic carbocycles. The van der Waals surface area contributed by atoms with Gasteiger partial charge in [-0.15, -0.1) is 0 Å². The number of aromatic nitrogens is 2. The van der Waals surface area contributed by atoms with Crippen LogP contribution in [0.1, 0.15) is 28.7 Å². The predicted molar refractivity (Wildman–Crippen MR) is 127 cm³/mol. The Labute approximate surface area is 199 Å². The molecule has 1 aliphatic heterocycles. The number of hydrogen-bond acceptors (Lipinski definition) is 5. The molecule has 4 aromatic rings. The molecule has 35 heavy (non-hydrogen) atoms. The molecule has 3 N–H and O–H groups in total. The SMILES string of the molecule is Cc1nc2ccccn2c1C(=O)NNC(=O)CN1C(=O)NC(C)(c2ccc3ccccc3c2)C1=O. The Hall–Kier alpha value is -4.73. The van der Waals surface area contributed by atoms with Crippen molar-refractivity contribution in [2.45, 2.75) is 19.4 Å². The number of aryl methyl sites for hydroxylation is 1. The number of urea groups is 1. The summed E-state index contributed by atoms with van der Waals surface area (Å²) in [6, 6.07) is 17.8. The molecule has 176 valence electrons. The molecular weight excluding hydrogens is 448 g/mol. The van der Waals surface area contributed by atoms with E-state index in [-0.39, 0.29) is 5.69 Å². The van der Waals surface area contributed by atoms with Crippen LogP contribution < -0.4 is 16.2 Å². The first kappa shape index (κ1) is 22.1. The third kappa shape index (κ3) is 3.74. The summed E-state index contributed by atoms with van der Waals surface area (Å²) in [4.78, 5) is 56.1. The molecule has 1 fully saturated rings. The van der Waals surface area contributed by atoms with Crippen LogP contribution in [0, 0.1) is 6.92 Å². The monoisotopic (exact) mass is 470 g/mol. The quantitative estimate of drug-likeness (QED) is 0.311. The Balaban J connectivity index is 1.28. The normalized spacial score (nSPS) is 17.6. The molecule has 1 aliphatic rings. The van der Waals surface area contributed by atoms with Crippen molar-refractivity contribution < 1.29 is 19.2 Å². The van der Waals surface area contributed by atoms with Crippen molar-refractivity contribution in [2.75, 3.05) is 6.54 Å². The van der Waals surface area contributed by atoms with Crippen LogP contribution in [0.5, 0.6) is 0 Å². The number of fused-ring (bicyclic) bond motifs is 2. The van der Waals surface area contributed by atoms with Crippen LogP contribution in [-0.4, -0.2) is 44.6 Å². The van der Waals surface area contributed by atoms with Crippen LogP contribution in [0.25, 0.3) is 16.4 Å². The Morgan fingerprint density at radius 2 is 1.74 bits per heavy atom. The van der Waals surface area contributed by atoms with Gasteiger partial charge in [0.25, 0.3) is 17.7 Å². The fourth-order valence-electron chi connectivity index (χ4n) is 4.29. The molecule has 0 aliphatic carbocycles. The van der Waals surface area contributed by atoms with Crippen molar-refractivity contribution in [3.8, 4) is 0 Å². The van der Waals surface area contributed by atoms with Crippen molar-refractivity contribution in [3.63, 3.8) is 0 Å². The highest BCUT2D eigenvalue weighted by molar-refractivity contribution is 6.09. The van der Waals surface area contributed by atoms with Gasteiger partial charge in [-0.1, -0.05) is 42.5 Å². The second kappa shape index (κ2) is 8.24. The van der Waals surface area contributed by atoms with E-state index in [0.29, 0.717) is 16.9 Å². The molecule has 10 nitrogen and oxygen atoms in total. The Morgan fingerprint density at radius 3 is 2.54 bits per heavy atom. The lowest BCUT2D eigenvalue weighted by Gasteiger charge is -2.22. The van der Waals surface area contributed by atoms with Crippen LogP contribution in [-0.2, 0) is 15.1 Å². The number of imidazole rings is 1. The van der Waals surface area contributed by atoms with Crippen molar-refractivity contribution >= 4 is 40.2 Å². The number of carbonyl (C=O) groups excluding carboxylic acids is 4. The average Bonchev–Trinajstić information content (AvgIpc) is 3.30. The van der Waals surface area contributed by atoms with Crippen molar-refractivity contribution in [2.24, 2.45) is 0 Å². The predicted octanol–water partition coefficient (Wildman–Crippen LogP) is 2.02. The second-order valence-electron chi connectivity index (χ2n) is 8.49. The number of benzene rings is 2. The highest BCUT2D eigenvalue weighted by Crippen LogP contribution is 2.30. The third-order valence-electron chi connectivity index (χ3n) is 6.14. The van der Waals surface area contributed by atoms with Crippen LogP contribution in [0.4, 0.5) is 4.79 Å². The molecule has 0 spiro atoms. The lowest BCUT2D eigenvalue weighted by Crippen LogP contribution is -2.48. The number of amides is 5. The number of carbonyl (C=O) groups is 4. The van der Waals surface area contributed by atoms with Crippen molar-refractivity contribution in [1.29, 1.82) is 0 Å². The molecule has 0 bridgehead atoms. The van der Waals surface area contributed by atoms with Crippen molar-refractivity contribution in [1.82, 2.24) is 30.5 Å². The highest BCUT2D eigenvalue weighted by atomic mass is 16.2.